The molecule has 1 saturated heterocycles. The Morgan fingerprint density at radius 3 is 2.56 bits per heavy atom. The van der Waals surface area contributed by atoms with Crippen molar-refractivity contribution in [3.05, 3.63) is 0 Å². The molecule has 0 aromatic rings. The Hall–Kier alpha value is -0.900. The van der Waals surface area contributed by atoms with Crippen molar-refractivity contribution in [2.75, 3.05) is 6.54 Å². The number of hydrogen-bond donors (Lipinski definition) is 1. The number of likely N-dealkylation sites (tertiary alicyclic amines) is 1. The number of nitrogens with zero attached hydrogens (tertiary/aromatic N) is 1. The molecule has 2 saturated carbocycles. The molecular weight excluding hydrogens is 228 g/mol. The van der Waals surface area contributed by atoms with Gasteiger partial charge < -0.3 is 5.32 Å². The Morgan fingerprint density at radius 2 is 1.94 bits per heavy atom. The van der Waals surface area contributed by atoms with Crippen LogP contribution >= 0.6 is 0 Å². The van der Waals surface area contributed by atoms with Crippen LogP contribution in [0.25, 0.3) is 0 Å². The molecule has 18 heavy (non-hydrogen) atoms. The van der Waals surface area contributed by atoms with Gasteiger partial charge in [-0.2, -0.15) is 0 Å². The molecule has 3 aliphatic rings. The van der Waals surface area contributed by atoms with Gasteiger partial charge in [-0.1, -0.05) is 19.8 Å². The van der Waals surface area contributed by atoms with E-state index in [1.165, 1.54) is 30.6 Å². The van der Waals surface area contributed by atoms with Gasteiger partial charge in [0.2, 0.25) is 11.8 Å². The van der Waals surface area contributed by atoms with Crippen molar-refractivity contribution in [3.8, 4) is 0 Å². The second-order valence-electron chi connectivity index (χ2n) is 6.49. The molecule has 0 aromatic carbocycles. The Bertz CT molecular complexity index is 370. The first-order chi connectivity index (χ1) is 8.59. The third-order valence-electron chi connectivity index (χ3n) is 4.68. The topological polar surface area (TPSA) is 49.4 Å². The summed E-state index contributed by atoms with van der Waals surface area (Å²) in [6.45, 7) is 3.15. The molecule has 0 radical (unpaired) electrons. The van der Waals surface area contributed by atoms with Gasteiger partial charge in [0.05, 0.1) is 12.5 Å². The van der Waals surface area contributed by atoms with Crippen LogP contribution in [-0.2, 0) is 9.59 Å². The number of rotatable bonds is 4. The van der Waals surface area contributed by atoms with E-state index in [0.29, 0.717) is 11.8 Å². The lowest BCUT2D eigenvalue weighted by Gasteiger charge is -2.25. The molecule has 1 atom stereocenters. The molecule has 1 unspecified atom stereocenters. The zero-order valence-corrected chi connectivity index (χ0v) is 11.1. The van der Waals surface area contributed by atoms with Gasteiger partial charge in [0.25, 0.3) is 0 Å². The van der Waals surface area contributed by atoms with Crippen LogP contribution in [0.2, 0.25) is 0 Å². The number of amides is 2. The molecule has 4 heteroatoms. The lowest BCUT2D eigenvalue weighted by molar-refractivity contribution is -0.139. The van der Waals surface area contributed by atoms with E-state index in [2.05, 4.69) is 12.2 Å². The van der Waals surface area contributed by atoms with E-state index in [-0.39, 0.29) is 23.9 Å². The van der Waals surface area contributed by atoms with Gasteiger partial charge >= 0.3 is 0 Å². The predicted molar refractivity (Wildman–Crippen MR) is 67.9 cm³/mol. The third kappa shape index (κ3) is 2.18. The highest BCUT2D eigenvalue weighted by molar-refractivity contribution is 6.06. The van der Waals surface area contributed by atoms with E-state index >= 15 is 0 Å². The highest BCUT2D eigenvalue weighted by atomic mass is 16.2. The first-order valence-corrected chi connectivity index (χ1v) is 7.18. The second-order valence-corrected chi connectivity index (χ2v) is 6.49. The molecule has 100 valence electrons. The molecular formula is C14H22N2O2. The first-order valence-electron chi connectivity index (χ1n) is 7.18. The summed E-state index contributed by atoms with van der Waals surface area (Å²) in [7, 11) is 0. The zero-order valence-electron chi connectivity index (χ0n) is 11.1. The van der Waals surface area contributed by atoms with Crippen LogP contribution in [0.4, 0.5) is 0 Å². The number of imide groups is 1. The van der Waals surface area contributed by atoms with Crippen molar-refractivity contribution in [1.29, 1.82) is 0 Å². The van der Waals surface area contributed by atoms with Gasteiger partial charge in [-0.3, -0.25) is 14.5 Å². The molecule has 1 aliphatic heterocycles. The van der Waals surface area contributed by atoms with Crippen molar-refractivity contribution in [2.45, 2.75) is 64.0 Å². The molecule has 0 bridgehead atoms. The summed E-state index contributed by atoms with van der Waals surface area (Å²) in [6, 6.07) is -0.0330. The number of nitrogens with one attached hydrogen (secondary N) is 1. The Labute approximate surface area is 108 Å². The molecule has 2 aliphatic carbocycles. The molecule has 1 heterocycles. The van der Waals surface area contributed by atoms with Crippen molar-refractivity contribution in [1.82, 2.24) is 10.2 Å². The number of carbonyl (C=O) groups is 2. The maximum atomic E-state index is 12.1. The summed E-state index contributed by atoms with van der Waals surface area (Å²) in [4.78, 5) is 25.5. The fourth-order valence-electron chi connectivity index (χ4n) is 3.30. The minimum Gasteiger partial charge on any atom is -0.305 e. The van der Waals surface area contributed by atoms with Gasteiger partial charge in [0, 0.05) is 12.6 Å². The molecule has 3 rings (SSSR count). The van der Waals surface area contributed by atoms with E-state index in [9.17, 15) is 9.59 Å². The van der Waals surface area contributed by atoms with E-state index in [4.69, 9.17) is 0 Å². The monoisotopic (exact) mass is 250 g/mol. The van der Waals surface area contributed by atoms with Crippen molar-refractivity contribution < 1.29 is 9.59 Å². The summed E-state index contributed by atoms with van der Waals surface area (Å²) in [6.07, 6.45) is 7.44. The number of hydrogen-bond acceptors (Lipinski definition) is 3. The van der Waals surface area contributed by atoms with Crippen LogP contribution < -0.4 is 5.32 Å². The number of carbonyl (C=O) groups excluding carboxylic acids is 2. The van der Waals surface area contributed by atoms with Gasteiger partial charge in [-0.15, -0.1) is 0 Å². The van der Waals surface area contributed by atoms with E-state index in [1.54, 1.807) is 0 Å². The fourth-order valence-corrected chi connectivity index (χ4v) is 3.30. The molecule has 1 N–H and O–H groups in total. The molecule has 0 spiro atoms. The lowest BCUT2D eigenvalue weighted by Crippen LogP contribution is -2.43. The smallest absolute Gasteiger partial charge is 0.247 e. The highest BCUT2D eigenvalue weighted by Gasteiger charge is 2.46. The average molecular weight is 250 g/mol. The summed E-state index contributed by atoms with van der Waals surface area (Å²) in [5.41, 5.74) is 0.330. The van der Waals surface area contributed by atoms with Crippen molar-refractivity contribution in [2.24, 2.45) is 5.41 Å². The van der Waals surface area contributed by atoms with Crippen LogP contribution in [0.3, 0.4) is 0 Å². The molecule has 0 aromatic heterocycles. The van der Waals surface area contributed by atoms with Crippen LogP contribution in [0.15, 0.2) is 0 Å². The van der Waals surface area contributed by atoms with E-state index in [0.717, 1.165) is 19.4 Å². The van der Waals surface area contributed by atoms with Crippen LogP contribution in [0, 0.1) is 5.41 Å². The maximum absolute atomic E-state index is 12.1. The van der Waals surface area contributed by atoms with Gasteiger partial charge in [-0.25, -0.2) is 0 Å². The standard InChI is InChI=1S/C14H22N2O2/c1-14(6-2-3-7-14)9-15-11-8-12(17)16(13(11)18)10-4-5-10/h10-11,15H,2-9H2,1H3. The van der Waals surface area contributed by atoms with Crippen LogP contribution in [-0.4, -0.2) is 35.3 Å². The summed E-state index contributed by atoms with van der Waals surface area (Å²) in [5, 5.41) is 3.34. The summed E-state index contributed by atoms with van der Waals surface area (Å²) < 4.78 is 0. The van der Waals surface area contributed by atoms with Gasteiger partial charge in [0.1, 0.15) is 0 Å². The largest absolute Gasteiger partial charge is 0.305 e. The Morgan fingerprint density at radius 1 is 1.28 bits per heavy atom. The predicted octanol–water partition coefficient (Wildman–Crippen LogP) is 1.45. The Balaban J connectivity index is 1.57. The molecule has 3 fully saturated rings. The van der Waals surface area contributed by atoms with Crippen LogP contribution in [0.5, 0.6) is 0 Å². The average Bonchev–Trinajstić information content (AvgIpc) is 3.00. The van der Waals surface area contributed by atoms with Crippen LogP contribution in [0.1, 0.15) is 51.9 Å². The third-order valence-corrected chi connectivity index (χ3v) is 4.68. The van der Waals surface area contributed by atoms with Crippen molar-refractivity contribution >= 4 is 11.8 Å². The summed E-state index contributed by atoms with van der Waals surface area (Å²) in [5.74, 6) is 0.0423. The quantitative estimate of drug-likeness (QED) is 0.768. The minimum absolute atomic E-state index is 0.0177. The first kappa shape index (κ1) is 12.2. The highest BCUT2D eigenvalue weighted by Crippen LogP contribution is 2.37. The zero-order chi connectivity index (χ0) is 12.8. The summed E-state index contributed by atoms with van der Waals surface area (Å²) >= 11 is 0. The van der Waals surface area contributed by atoms with Crippen molar-refractivity contribution in [3.63, 3.8) is 0 Å². The van der Waals surface area contributed by atoms with E-state index in [1.807, 2.05) is 0 Å². The Kier molecular flexibility index (Phi) is 2.93. The van der Waals surface area contributed by atoms with E-state index < -0.39 is 0 Å². The normalized spacial score (nSPS) is 31.4. The lowest BCUT2D eigenvalue weighted by atomic mass is 9.88. The maximum Gasteiger partial charge on any atom is 0.247 e. The molecule has 2 amide bonds. The SMILES string of the molecule is CC1(CNC2CC(=O)N(C3CC3)C2=O)CCCC1. The second kappa shape index (κ2) is 4.34. The minimum atomic E-state index is -0.254. The fraction of sp³-hybridized carbons (Fsp3) is 0.857. The molecule has 4 nitrogen and oxygen atoms in total. The van der Waals surface area contributed by atoms with Gasteiger partial charge in [-0.05, 0) is 31.1 Å². The van der Waals surface area contributed by atoms with Gasteiger partial charge in [0.15, 0.2) is 0 Å².